The fourth-order valence-corrected chi connectivity index (χ4v) is 1.80. The average Bonchev–Trinajstić information content (AvgIpc) is 2.51. The van der Waals surface area contributed by atoms with Gasteiger partial charge in [0.1, 0.15) is 0 Å². The van der Waals surface area contributed by atoms with Crippen LogP contribution in [0.4, 0.5) is 0 Å². The molecule has 1 heterocycles. The second-order valence-corrected chi connectivity index (χ2v) is 4.95. The molecule has 0 fully saturated rings. The van der Waals surface area contributed by atoms with Crippen LogP contribution in [-0.4, -0.2) is 22.2 Å². The zero-order chi connectivity index (χ0) is 12.8. The van der Waals surface area contributed by atoms with Gasteiger partial charge in [-0.05, 0) is 32.3 Å². The Hall–Kier alpha value is -1.32. The Morgan fingerprint density at radius 2 is 2.18 bits per heavy atom. The zero-order valence-corrected chi connectivity index (χ0v) is 11.3. The predicted octanol–water partition coefficient (Wildman–Crippen LogP) is 2.05. The van der Waals surface area contributed by atoms with Gasteiger partial charge >= 0.3 is 0 Å². The van der Waals surface area contributed by atoms with Crippen LogP contribution in [0.15, 0.2) is 6.07 Å². The van der Waals surface area contributed by atoms with Crippen LogP contribution >= 0.6 is 0 Å². The Labute approximate surface area is 103 Å². The number of hydrogen-bond acceptors (Lipinski definition) is 2. The van der Waals surface area contributed by atoms with Crippen LogP contribution in [0.3, 0.4) is 0 Å². The van der Waals surface area contributed by atoms with Crippen molar-refractivity contribution in [2.75, 3.05) is 6.54 Å². The largest absolute Gasteiger partial charge is 0.356 e. The molecule has 0 atom stereocenters. The highest BCUT2D eigenvalue weighted by Crippen LogP contribution is 2.02. The first kappa shape index (κ1) is 13.7. The van der Waals surface area contributed by atoms with E-state index in [4.69, 9.17) is 0 Å². The summed E-state index contributed by atoms with van der Waals surface area (Å²) in [4.78, 5) is 11.4. The Balaban J connectivity index is 2.20. The van der Waals surface area contributed by atoms with E-state index < -0.39 is 0 Å². The quantitative estimate of drug-likeness (QED) is 0.770. The predicted molar refractivity (Wildman–Crippen MR) is 68.8 cm³/mol. The average molecular weight is 237 g/mol. The molecule has 0 radical (unpaired) electrons. The Bertz CT molecular complexity index is 369. The number of nitrogens with zero attached hydrogens (tertiary/aromatic N) is 2. The van der Waals surface area contributed by atoms with Crippen molar-refractivity contribution in [2.45, 2.75) is 47.1 Å². The lowest BCUT2D eigenvalue weighted by atomic mass is 10.1. The molecule has 4 heteroatoms. The lowest BCUT2D eigenvalue weighted by molar-refractivity contribution is -0.121. The summed E-state index contributed by atoms with van der Waals surface area (Å²) in [6, 6.07) is 2.07. The molecule has 96 valence electrons. The molecular formula is C13H23N3O. The third kappa shape index (κ3) is 5.02. The molecule has 1 aromatic rings. The molecule has 0 unspecified atom stereocenters. The van der Waals surface area contributed by atoms with Crippen LogP contribution in [0.5, 0.6) is 0 Å². The molecule has 0 aliphatic heterocycles. The highest BCUT2D eigenvalue weighted by Gasteiger charge is 2.04. The molecule has 1 N–H and O–H groups in total. The van der Waals surface area contributed by atoms with Crippen LogP contribution in [-0.2, 0) is 11.3 Å². The number of amides is 1. The van der Waals surface area contributed by atoms with E-state index in [1.54, 1.807) is 0 Å². The summed E-state index contributed by atoms with van der Waals surface area (Å²) >= 11 is 0. The Kier molecular flexibility index (Phi) is 5.19. The number of nitrogens with one attached hydrogen (secondary N) is 1. The van der Waals surface area contributed by atoms with Crippen LogP contribution in [0.1, 0.15) is 38.1 Å². The zero-order valence-electron chi connectivity index (χ0n) is 11.3. The van der Waals surface area contributed by atoms with Crippen molar-refractivity contribution in [1.82, 2.24) is 15.1 Å². The van der Waals surface area contributed by atoms with Crippen LogP contribution in [0.2, 0.25) is 0 Å². The number of aryl methyl sites for hydroxylation is 3. The SMILES string of the molecule is Cc1cc(C)n(CCCNC(=O)CC(C)C)n1. The maximum Gasteiger partial charge on any atom is 0.220 e. The van der Waals surface area contributed by atoms with Gasteiger partial charge in [0.15, 0.2) is 0 Å². The van der Waals surface area contributed by atoms with Crippen molar-refractivity contribution in [3.05, 3.63) is 17.5 Å². The summed E-state index contributed by atoms with van der Waals surface area (Å²) < 4.78 is 1.99. The number of carbonyl (C=O) groups is 1. The summed E-state index contributed by atoms with van der Waals surface area (Å²) in [5.74, 6) is 0.569. The number of hydrogen-bond donors (Lipinski definition) is 1. The molecule has 0 saturated heterocycles. The lowest BCUT2D eigenvalue weighted by Gasteiger charge is -2.08. The van der Waals surface area contributed by atoms with Gasteiger partial charge < -0.3 is 5.32 Å². The topological polar surface area (TPSA) is 46.9 Å². The fraction of sp³-hybridized carbons (Fsp3) is 0.692. The van der Waals surface area contributed by atoms with Gasteiger partial charge in [-0.1, -0.05) is 13.8 Å². The number of rotatable bonds is 6. The maximum atomic E-state index is 11.4. The maximum absolute atomic E-state index is 11.4. The third-order valence-electron chi connectivity index (χ3n) is 2.57. The molecule has 0 aliphatic carbocycles. The van der Waals surface area contributed by atoms with E-state index in [2.05, 4.69) is 37.3 Å². The highest BCUT2D eigenvalue weighted by molar-refractivity contribution is 5.75. The monoisotopic (exact) mass is 237 g/mol. The van der Waals surface area contributed by atoms with E-state index in [9.17, 15) is 4.79 Å². The minimum absolute atomic E-state index is 0.147. The molecule has 0 saturated carbocycles. The first-order valence-electron chi connectivity index (χ1n) is 6.26. The summed E-state index contributed by atoms with van der Waals surface area (Å²) in [5.41, 5.74) is 2.22. The van der Waals surface area contributed by atoms with E-state index in [0.717, 1.165) is 25.2 Å². The van der Waals surface area contributed by atoms with Gasteiger partial charge in [0.25, 0.3) is 0 Å². The van der Waals surface area contributed by atoms with Crippen molar-refractivity contribution < 1.29 is 4.79 Å². The van der Waals surface area contributed by atoms with Gasteiger partial charge in [-0.15, -0.1) is 0 Å². The third-order valence-corrected chi connectivity index (χ3v) is 2.57. The molecule has 0 spiro atoms. The van der Waals surface area contributed by atoms with Crippen LogP contribution in [0.25, 0.3) is 0 Å². The Morgan fingerprint density at radius 3 is 2.71 bits per heavy atom. The fourth-order valence-electron chi connectivity index (χ4n) is 1.80. The highest BCUT2D eigenvalue weighted by atomic mass is 16.1. The van der Waals surface area contributed by atoms with Crippen molar-refractivity contribution in [2.24, 2.45) is 5.92 Å². The van der Waals surface area contributed by atoms with Crippen molar-refractivity contribution >= 4 is 5.91 Å². The molecule has 1 rings (SSSR count). The van der Waals surface area contributed by atoms with Gasteiger partial charge in [-0.3, -0.25) is 9.48 Å². The molecule has 17 heavy (non-hydrogen) atoms. The van der Waals surface area contributed by atoms with Crippen LogP contribution in [0, 0.1) is 19.8 Å². The van der Waals surface area contributed by atoms with Gasteiger partial charge in [0.2, 0.25) is 5.91 Å². The van der Waals surface area contributed by atoms with Gasteiger partial charge in [0, 0.05) is 25.2 Å². The van der Waals surface area contributed by atoms with E-state index in [1.165, 1.54) is 5.69 Å². The molecule has 1 amide bonds. The molecule has 0 aliphatic rings. The van der Waals surface area contributed by atoms with Gasteiger partial charge in [-0.25, -0.2) is 0 Å². The van der Waals surface area contributed by atoms with E-state index in [-0.39, 0.29) is 5.91 Å². The van der Waals surface area contributed by atoms with E-state index >= 15 is 0 Å². The normalized spacial score (nSPS) is 10.9. The molecule has 1 aromatic heterocycles. The number of aromatic nitrogens is 2. The van der Waals surface area contributed by atoms with Gasteiger partial charge in [-0.2, -0.15) is 5.10 Å². The Morgan fingerprint density at radius 1 is 1.47 bits per heavy atom. The summed E-state index contributed by atoms with van der Waals surface area (Å²) in [7, 11) is 0. The minimum Gasteiger partial charge on any atom is -0.356 e. The first-order valence-corrected chi connectivity index (χ1v) is 6.26. The molecule has 4 nitrogen and oxygen atoms in total. The smallest absolute Gasteiger partial charge is 0.220 e. The van der Waals surface area contributed by atoms with Crippen molar-refractivity contribution in [3.8, 4) is 0 Å². The minimum atomic E-state index is 0.147. The summed E-state index contributed by atoms with van der Waals surface area (Å²) in [6.45, 7) is 9.74. The first-order chi connectivity index (χ1) is 7.99. The second-order valence-electron chi connectivity index (χ2n) is 4.95. The van der Waals surface area contributed by atoms with Gasteiger partial charge in [0.05, 0.1) is 5.69 Å². The van der Waals surface area contributed by atoms with Crippen molar-refractivity contribution in [3.63, 3.8) is 0 Å². The van der Waals surface area contributed by atoms with E-state index in [1.807, 2.05) is 11.6 Å². The standard InChI is InChI=1S/C13H23N3O/c1-10(2)8-13(17)14-6-5-7-16-12(4)9-11(3)15-16/h9-10H,5-8H2,1-4H3,(H,14,17). The number of carbonyl (C=O) groups excluding carboxylic acids is 1. The van der Waals surface area contributed by atoms with Crippen molar-refractivity contribution in [1.29, 1.82) is 0 Å². The summed E-state index contributed by atoms with van der Waals surface area (Å²) in [5, 5.41) is 7.31. The molecule has 0 bridgehead atoms. The molecule has 0 aromatic carbocycles. The summed E-state index contributed by atoms with van der Waals surface area (Å²) in [6.07, 6.45) is 1.53. The second kappa shape index (κ2) is 6.42. The molecular weight excluding hydrogens is 214 g/mol. The van der Waals surface area contributed by atoms with E-state index in [0.29, 0.717) is 12.3 Å². The van der Waals surface area contributed by atoms with Crippen LogP contribution < -0.4 is 5.32 Å². The lowest BCUT2D eigenvalue weighted by Crippen LogP contribution is -2.26.